The van der Waals surface area contributed by atoms with Gasteiger partial charge in [0, 0.05) is 27.5 Å². The van der Waals surface area contributed by atoms with Crippen LogP contribution in [-0.2, 0) is 19.3 Å². The van der Waals surface area contributed by atoms with Crippen LogP contribution in [0.2, 0.25) is 0 Å². The molecule has 0 saturated heterocycles. The van der Waals surface area contributed by atoms with E-state index in [1.54, 1.807) is 0 Å². The van der Waals surface area contributed by atoms with Crippen molar-refractivity contribution in [3.05, 3.63) is 113 Å². The summed E-state index contributed by atoms with van der Waals surface area (Å²) in [4.78, 5) is 10.1. The van der Waals surface area contributed by atoms with Gasteiger partial charge in [0.2, 0.25) is 0 Å². The lowest BCUT2D eigenvalue weighted by molar-refractivity contribution is 0.484. The van der Waals surface area contributed by atoms with Gasteiger partial charge >= 0.3 is 0 Å². The van der Waals surface area contributed by atoms with E-state index in [2.05, 4.69) is 96.8 Å². The standard InChI is InChI=1S/C37H30N4O/c1-5-7-23-10-16-32-21(3)38-36-30-18-25(12-14-27(30)20(2)34(23)40(32)36)42-26-13-15-28-29-9-6-8-24-11-17-33-22(4)39-37(31(28)19-26)41(33)35(24)29/h5-9,12-15,18-19H,1,10-11,16-17H2,2-4H3/b23-7-. The summed E-state index contributed by atoms with van der Waals surface area (Å²) >= 11 is 0. The lowest BCUT2D eigenvalue weighted by Crippen LogP contribution is -2.11. The summed E-state index contributed by atoms with van der Waals surface area (Å²) in [6, 6.07) is 19.5. The van der Waals surface area contributed by atoms with Crippen LogP contribution in [0.1, 0.15) is 46.0 Å². The Kier molecular flexibility index (Phi) is 4.71. The molecule has 9 rings (SSSR count). The summed E-state index contributed by atoms with van der Waals surface area (Å²) < 4.78 is 11.3. The molecule has 0 spiro atoms. The normalized spacial score (nSPS) is 15.3. The van der Waals surface area contributed by atoms with Gasteiger partial charge in [-0.15, -0.1) is 0 Å². The fraction of sp³-hybridized carbons (Fsp3) is 0.189. The molecule has 0 fully saturated rings. The molecule has 4 aromatic heterocycles. The van der Waals surface area contributed by atoms with Gasteiger partial charge in [-0.3, -0.25) is 8.80 Å². The highest BCUT2D eigenvalue weighted by molar-refractivity contribution is 6.13. The van der Waals surface area contributed by atoms with Crippen molar-refractivity contribution in [3.63, 3.8) is 0 Å². The molecule has 0 bridgehead atoms. The number of ether oxygens (including phenoxy) is 1. The predicted molar refractivity (Wildman–Crippen MR) is 171 cm³/mol. The van der Waals surface area contributed by atoms with Gasteiger partial charge in [0.1, 0.15) is 22.8 Å². The molecule has 2 aliphatic heterocycles. The van der Waals surface area contributed by atoms with E-state index < -0.39 is 0 Å². The van der Waals surface area contributed by atoms with Gasteiger partial charge in [0.15, 0.2) is 0 Å². The molecular formula is C37H30N4O. The SMILES string of the molecule is C=C/C=C1/CCc2c(C)nc3c4cc(Oc5ccc6c(c5)c5nc(C)c7n5c5c(cccc65)CC7)ccc4c(C)c1n23. The van der Waals surface area contributed by atoms with Crippen molar-refractivity contribution in [1.29, 1.82) is 0 Å². The molecule has 204 valence electrons. The number of aryl methyl sites for hydroxylation is 6. The van der Waals surface area contributed by atoms with Crippen LogP contribution in [0, 0.1) is 20.8 Å². The van der Waals surface area contributed by atoms with E-state index in [0.717, 1.165) is 70.6 Å². The van der Waals surface area contributed by atoms with Crippen molar-refractivity contribution >= 4 is 49.3 Å². The highest BCUT2D eigenvalue weighted by Crippen LogP contribution is 2.41. The van der Waals surface area contributed by atoms with E-state index in [-0.39, 0.29) is 0 Å². The van der Waals surface area contributed by atoms with Gasteiger partial charge < -0.3 is 4.74 Å². The molecule has 5 nitrogen and oxygen atoms in total. The number of hydrogen-bond donors (Lipinski definition) is 0. The van der Waals surface area contributed by atoms with E-state index in [1.165, 1.54) is 55.5 Å². The molecule has 6 heterocycles. The molecule has 0 unspecified atom stereocenters. The first-order valence-electron chi connectivity index (χ1n) is 14.8. The Morgan fingerprint density at radius 3 is 2.14 bits per heavy atom. The zero-order valence-electron chi connectivity index (χ0n) is 24.1. The van der Waals surface area contributed by atoms with Crippen LogP contribution in [0.5, 0.6) is 11.5 Å². The number of para-hydroxylation sites is 1. The summed E-state index contributed by atoms with van der Waals surface area (Å²) in [6.07, 6.45) is 8.12. The summed E-state index contributed by atoms with van der Waals surface area (Å²) in [6.45, 7) is 10.4. The second kappa shape index (κ2) is 8.32. The average Bonchev–Trinajstić information content (AvgIpc) is 3.53. The monoisotopic (exact) mass is 546 g/mol. The van der Waals surface area contributed by atoms with Crippen molar-refractivity contribution < 1.29 is 4.74 Å². The molecule has 0 saturated carbocycles. The number of nitrogens with zero attached hydrogens (tertiary/aromatic N) is 4. The Hall–Kier alpha value is -4.90. The summed E-state index contributed by atoms with van der Waals surface area (Å²) in [5.41, 5.74) is 13.4. The molecule has 7 aromatic rings. The Balaban J connectivity index is 1.23. The fourth-order valence-electron chi connectivity index (χ4n) is 7.68. The number of benzene rings is 3. The molecule has 0 amide bonds. The predicted octanol–water partition coefficient (Wildman–Crippen LogP) is 8.77. The highest BCUT2D eigenvalue weighted by Gasteiger charge is 2.25. The van der Waals surface area contributed by atoms with Crippen LogP contribution in [0.15, 0.2) is 73.3 Å². The zero-order chi connectivity index (χ0) is 28.3. The van der Waals surface area contributed by atoms with Crippen LogP contribution in [0.25, 0.3) is 49.3 Å². The van der Waals surface area contributed by atoms with Crippen LogP contribution in [0.3, 0.4) is 0 Å². The topological polar surface area (TPSA) is 43.8 Å². The first-order chi connectivity index (χ1) is 20.5. The van der Waals surface area contributed by atoms with Crippen molar-refractivity contribution in [2.75, 3.05) is 0 Å². The highest BCUT2D eigenvalue weighted by atomic mass is 16.5. The average molecular weight is 547 g/mol. The number of rotatable bonds is 3. The number of hydrogen-bond acceptors (Lipinski definition) is 3. The second-order valence-electron chi connectivity index (χ2n) is 11.8. The minimum Gasteiger partial charge on any atom is -0.457 e. The summed E-state index contributed by atoms with van der Waals surface area (Å²) in [7, 11) is 0. The lowest BCUT2D eigenvalue weighted by atomic mass is 9.93. The van der Waals surface area contributed by atoms with Crippen molar-refractivity contribution in [2.24, 2.45) is 0 Å². The van der Waals surface area contributed by atoms with Crippen LogP contribution >= 0.6 is 0 Å². The van der Waals surface area contributed by atoms with Gasteiger partial charge in [0.25, 0.3) is 0 Å². The number of allylic oxidation sites excluding steroid dienone is 3. The Bertz CT molecular complexity index is 2380. The van der Waals surface area contributed by atoms with Crippen LogP contribution in [0.4, 0.5) is 0 Å². The van der Waals surface area contributed by atoms with Crippen LogP contribution in [-0.4, -0.2) is 18.8 Å². The summed E-state index contributed by atoms with van der Waals surface area (Å²) in [5.74, 6) is 1.61. The molecule has 0 atom stereocenters. The van der Waals surface area contributed by atoms with Crippen molar-refractivity contribution in [2.45, 2.75) is 46.5 Å². The van der Waals surface area contributed by atoms with Gasteiger partial charge in [-0.25, -0.2) is 9.97 Å². The molecule has 42 heavy (non-hydrogen) atoms. The molecule has 3 aromatic carbocycles. The number of aromatic nitrogens is 4. The van der Waals surface area contributed by atoms with Gasteiger partial charge in [-0.1, -0.05) is 43.0 Å². The quantitative estimate of drug-likeness (QED) is 0.208. The minimum absolute atomic E-state index is 0.803. The maximum atomic E-state index is 6.59. The smallest absolute Gasteiger partial charge is 0.145 e. The Morgan fingerprint density at radius 2 is 1.38 bits per heavy atom. The van der Waals surface area contributed by atoms with Gasteiger partial charge in [-0.2, -0.15) is 0 Å². The number of fused-ring (bicyclic) bond motifs is 5. The molecule has 2 aliphatic rings. The molecular weight excluding hydrogens is 516 g/mol. The number of pyridine rings is 2. The Morgan fingerprint density at radius 1 is 0.714 bits per heavy atom. The summed E-state index contributed by atoms with van der Waals surface area (Å²) in [5, 5.41) is 5.92. The van der Waals surface area contributed by atoms with Gasteiger partial charge in [-0.05, 0) is 104 Å². The van der Waals surface area contributed by atoms with Gasteiger partial charge in [0.05, 0.1) is 22.6 Å². The fourth-order valence-corrected chi connectivity index (χ4v) is 7.68. The third kappa shape index (κ3) is 3.03. The molecule has 0 radical (unpaired) electrons. The molecule has 5 heteroatoms. The zero-order valence-corrected chi connectivity index (χ0v) is 24.1. The number of imidazole rings is 2. The lowest BCUT2D eigenvalue weighted by Gasteiger charge is -2.22. The maximum Gasteiger partial charge on any atom is 0.145 e. The van der Waals surface area contributed by atoms with Crippen molar-refractivity contribution in [3.8, 4) is 11.5 Å². The second-order valence-corrected chi connectivity index (χ2v) is 11.8. The van der Waals surface area contributed by atoms with Crippen molar-refractivity contribution in [1.82, 2.24) is 18.8 Å². The maximum absolute atomic E-state index is 6.59. The van der Waals surface area contributed by atoms with E-state index in [1.807, 2.05) is 6.08 Å². The van der Waals surface area contributed by atoms with E-state index in [4.69, 9.17) is 14.7 Å². The third-order valence-corrected chi connectivity index (χ3v) is 9.55. The first kappa shape index (κ1) is 23.8. The largest absolute Gasteiger partial charge is 0.457 e. The molecule has 0 N–H and O–H groups in total. The first-order valence-corrected chi connectivity index (χ1v) is 14.8. The van der Waals surface area contributed by atoms with E-state index in [9.17, 15) is 0 Å². The minimum atomic E-state index is 0.803. The van der Waals surface area contributed by atoms with E-state index in [0.29, 0.717) is 0 Å². The van der Waals surface area contributed by atoms with E-state index >= 15 is 0 Å². The Labute approximate surface area is 243 Å². The van der Waals surface area contributed by atoms with Crippen LogP contribution < -0.4 is 4.74 Å². The third-order valence-electron chi connectivity index (χ3n) is 9.55. The molecule has 0 aliphatic carbocycles.